The van der Waals surface area contributed by atoms with Crippen molar-refractivity contribution >= 4 is 10.2 Å². The minimum Gasteiger partial charge on any atom is -0.395 e. The fourth-order valence-electron chi connectivity index (χ4n) is 1.78. The van der Waals surface area contributed by atoms with Crippen LogP contribution in [0, 0.1) is 5.92 Å². The molecule has 0 radical (unpaired) electrons. The van der Waals surface area contributed by atoms with Crippen LogP contribution >= 0.6 is 0 Å². The van der Waals surface area contributed by atoms with Crippen molar-refractivity contribution in [2.75, 3.05) is 26.3 Å². The van der Waals surface area contributed by atoms with Gasteiger partial charge in [-0.3, -0.25) is 0 Å². The van der Waals surface area contributed by atoms with Crippen LogP contribution in [-0.2, 0) is 10.2 Å². The van der Waals surface area contributed by atoms with Gasteiger partial charge in [0, 0.05) is 13.1 Å². The molecule has 16 heavy (non-hydrogen) atoms. The molecular weight excluding hydrogens is 232 g/mol. The highest BCUT2D eigenvalue weighted by atomic mass is 32.2. The first-order chi connectivity index (χ1) is 7.49. The van der Waals surface area contributed by atoms with Gasteiger partial charge in [-0.05, 0) is 18.8 Å². The van der Waals surface area contributed by atoms with E-state index in [9.17, 15) is 8.42 Å². The van der Waals surface area contributed by atoms with Crippen LogP contribution in [0.4, 0.5) is 0 Å². The van der Waals surface area contributed by atoms with E-state index in [1.807, 2.05) is 6.92 Å². The second-order valence-electron chi connectivity index (χ2n) is 4.29. The molecule has 1 atom stereocenters. The van der Waals surface area contributed by atoms with E-state index in [2.05, 4.69) is 4.72 Å². The molecule has 0 aromatic carbocycles. The molecule has 1 rings (SSSR count). The SMILES string of the molecule is CC1CCCN(S(=O)(=O)NC(CO)CO)C1. The third-order valence-corrected chi connectivity index (χ3v) is 4.36. The van der Waals surface area contributed by atoms with Crippen molar-refractivity contribution in [3.05, 3.63) is 0 Å². The van der Waals surface area contributed by atoms with E-state index in [1.54, 1.807) is 0 Å². The molecule has 0 aromatic heterocycles. The third-order valence-electron chi connectivity index (χ3n) is 2.72. The zero-order valence-electron chi connectivity index (χ0n) is 9.46. The third kappa shape index (κ3) is 3.67. The van der Waals surface area contributed by atoms with E-state index in [0.717, 1.165) is 12.8 Å². The van der Waals surface area contributed by atoms with E-state index < -0.39 is 29.5 Å². The van der Waals surface area contributed by atoms with Gasteiger partial charge in [-0.1, -0.05) is 6.92 Å². The van der Waals surface area contributed by atoms with E-state index in [-0.39, 0.29) is 0 Å². The lowest BCUT2D eigenvalue weighted by Gasteiger charge is -2.31. The maximum absolute atomic E-state index is 11.9. The molecule has 0 spiro atoms. The molecular formula is C9H20N2O4S. The number of rotatable bonds is 5. The molecule has 0 amide bonds. The van der Waals surface area contributed by atoms with Crippen LogP contribution in [0.3, 0.4) is 0 Å². The average Bonchev–Trinajstić information content (AvgIpc) is 2.26. The molecule has 6 nitrogen and oxygen atoms in total. The summed E-state index contributed by atoms with van der Waals surface area (Å²) in [7, 11) is -3.58. The Hall–Kier alpha value is -0.210. The van der Waals surface area contributed by atoms with Crippen LogP contribution in [0.2, 0.25) is 0 Å². The number of piperidine rings is 1. The monoisotopic (exact) mass is 252 g/mol. The molecule has 3 N–H and O–H groups in total. The van der Waals surface area contributed by atoms with Crippen LogP contribution in [0.5, 0.6) is 0 Å². The lowest BCUT2D eigenvalue weighted by molar-refractivity contribution is 0.181. The fourth-order valence-corrected chi connectivity index (χ4v) is 3.32. The van der Waals surface area contributed by atoms with Crippen molar-refractivity contribution in [3.8, 4) is 0 Å². The van der Waals surface area contributed by atoms with Crippen molar-refractivity contribution in [2.24, 2.45) is 5.92 Å². The predicted octanol–water partition coefficient (Wildman–Crippen LogP) is -1.09. The molecule has 0 bridgehead atoms. The predicted molar refractivity (Wildman–Crippen MR) is 60.0 cm³/mol. The Bertz CT molecular complexity index is 303. The van der Waals surface area contributed by atoms with Gasteiger partial charge < -0.3 is 10.2 Å². The van der Waals surface area contributed by atoms with Gasteiger partial charge in [0.25, 0.3) is 10.2 Å². The minimum absolute atomic E-state index is 0.354. The highest BCUT2D eigenvalue weighted by Gasteiger charge is 2.28. The van der Waals surface area contributed by atoms with Crippen LogP contribution in [0.15, 0.2) is 0 Å². The summed E-state index contributed by atoms with van der Waals surface area (Å²) in [5.74, 6) is 0.354. The summed E-state index contributed by atoms with van der Waals surface area (Å²) in [4.78, 5) is 0. The summed E-state index contributed by atoms with van der Waals surface area (Å²) >= 11 is 0. The summed E-state index contributed by atoms with van der Waals surface area (Å²) in [5, 5.41) is 17.7. The molecule has 0 saturated carbocycles. The van der Waals surface area contributed by atoms with E-state index in [4.69, 9.17) is 10.2 Å². The standard InChI is InChI=1S/C9H20N2O4S/c1-8-3-2-4-11(5-8)16(14,15)10-9(6-12)7-13/h8-10,12-13H,2-7H2,1H3. The van der Waals surface area contributed by atoms with Crippen molar-refractivity contribution in [1.29, 1.82) is 0 Å². The van der Waals surface area contributed by atoms with Gasteiger partial charge in [-0.2, -0.15) is 17.4 Å². The molecule has 1 aliphatic heterocycles. The minimum atomic E-state index is -3.58. The second-order valence-corrected chi connectivity index (χ2v) is 5.99. The number of nitrogens with zero attached hydrogens (tertiary/aromatic N) is 1. The molecule has 1 fully saturated rings. The first kappa shape index (κ1) is 13.9. The van der Waals surface area contributed by atoms with Gasteiger partial charge >= 0.3 is 0 Å². The first-order valence-corrected chi connectivity index (χ1v) is 6.92. The van der Waals surface area contributed by atoms with E-state index in [0.29, 0.717) is 19.0 Å². The number of hydrogen-bond donors (Lipinski definition) is 3. The van der Waals surface area contributed by atoms with Crippen LogP contribution in [0.25, 0.3) is 0 Å². The zero-order chi connectivity index (χ0) is 12.2. The Kier molecular flexibility index (Phi) is 5.13. The van der Waals surface area contributed by atoms with Crippen molar-refractivity contribution < 1.29 is 18.6 Å². The summed E-state index contributed by atoms with van der Waals surface area (Å²) in [6, 6.07) is -0.817. The number of aliphatic hydroxyl groups excluding tert-OH is 2. The molecule has 1 unspecified atom stereocenters. The van der Waals surface area contributed by atoms with Gasteiger partial charge in [0.05, 0.1) is 19.3 Å². The van der Waals surface area contributed by atoms with Crippen LogP contribution < -0.4 is 4.72 Å². The molecule has 0 aromatic rings. The topological polar surface area (TPSA) is 89.9 Å². The number of aliphatic hydroxyl groups is 2. The average molecular weight is 252 g/mol. The lowest BCUT2D eigenvalue weighted by atomic mass is 10.0. The molecule has 96 valence electrons. The maximum Gasteiger partial charge on any atom is 0.279 e. The highest BCUT2D eigenvalue weighted by molar-refractivity contribution is 7.87. The maximum atomic E-state index is 11.9. The normalized spacial score (nSPS) is 23.9. The van der Waals surface area contributed by atoms with Gasteiger partial charge in [0.1, 0.15) is 0 Å². The zero-order valence-corrected chi connectivity index (χ0v) is 10.3. The molecule has 7 heteroatoms. The van der Waals surface area contributed by atoms with Crippen molar-refractivity contribution in [1.82, 2.24) is 9.03 Å². The quantitative estimate of drug-likeness (QED) is 0.580. The molecule has 1 saturated heterocycles. The molecule has 1 aliphatic rings. The Morgan fingerprint density at radius 1 is 1.44 bits per heavy atom. The summed E-state index contributed by atoms with van der Waals surface area (Å²) in [5.41, 5.74) is 0. The summed E-state index contributed by atoms with van der Waals surface area (Å²) in [6.45, 7) is 2.21. The van der Waals surface area contributed by atoms with Crippen molar-refractivity contribution in [2.45, 2.75) is 25.8 Å². The van der Waals surface area contributed by atoms with Crippen LogP contribution in [-0.4, -0.2) is 55.3 Å². The van der Waals surface area contributed by atoms with Crippen molar-refractivity contribution in [3.63, 3.8) is 0 Å². The summed E-state index contributed by atoms with van der Waals surface area (Å²) < 4.78 is 27.4. The first-order valence-electron chi connectivity index (χ1n) is 5.48. The smallest absolute Gasteiger partial charge is 0.279 e. The largest absolute Gasteiger partial charge is 0.395 e. The molecule has 0 aliphatic carbocycles. The summed E-state index contributed by atoms with van der Waals surface area (Å²) in [6.07, 6.45) is 1.89. The Morgan fingerprint density at radius 3 is 2.56 bits per heavy atom. The van der Waals surface area contributed by atoms with Gasteiger partial charge in [-0.25, -0.2) is 0 Å². The highest BCUT2D eigenvalue weighted by Crippen LogP contribution is 2.17. The van der Waals surface area contributed by atoms with E-state index in [1.165, 1.54) is 4.31 Å². The number of nitrogens with one attached hydrogen (secondary N) is 1. The van der Waals surface area contributed by atoms with Gasteiger partial charge in [0.2, 0.25) is 0 Å². The second kappa shape index (κ2) is 5.92. The fraction of sp³-hybridized carbons (Fsp3) is 1.00. The van der Waals surface area contributed by atoms with Gasteiger partial charge in [0.15, 0.2) is 0 Å². The lowest BCUT2D eigenvalue weighted by Crippen LogP contribution is -2.50. The number of hydrogen-bond acceptors (Lipinski definition) is 4. The molecule has 1 heterocycles. The van der Waals surface area contributed by atoms with Crippen LogP contribution in [0.1, 0.15) is 19.8 Å². The Labute approximate surface area is 96.4 Å². The Balaban J connectivity index is 2.62. The van der Waals surface area contributed by atoms with Gasteiger partial charge in [-0.15, -0.1) is 0 Å². The van der Waals surface area contributed by atoms with E-state index >= 15 is 0 Å². The Morgan fingerprint density at radius 2 is 2.06 bits per heavy atom.